The molecule has 0 spiro atoms. The molecule has 0 aliphatic heterocycles. The number of hydrogen-bond donors (Lipinski definition) is 0. The molecule has 0 aliphatic carbocycles. The molecule has 0 aliphatic rings. The van der Waals surface area contributed by atoms with Gasteiger partial charge in [0.1, 0.15) is 5.82 Å². The van der Waals surface area contributed by atoms with Crippen molar-refractivity contribution in [3.63, 3.8) is 0 Å². The summed E-state index contributed by atoms with van der Waals surface area (Å²) in [5.41, 5.74) is 1.08. The van der Waals surface area contributed by atoms with Crippen LogP contribution in [-0.4, -0.2) is 9.78 Å². The fraction of sp³-hybridized carbons (Fsp3) is 0.0625. The van der Waals surface area contributed by atoms with Crippen molar-refractivity contribution < 1.29 is 17.6 Å². The van der Waals surface area contributed by atoms with Gasteiger partial charge in [-0.3, -0.25) is 0 Å². The zero-order chi connectivity index (χ0) is 16.6. The summed E-state index contributed by atoms with van der Waals surface area (Å²) in [5.74, 6) is -0.388. The Kier molecular flexibility index (Phi) is 3.97. The zero-order valence-corrected chi connectivity index (χ0v) is 13.1. The Balaban J connectivity index is 2.04. The van der Waals surface area contributed by atoms with Crippen molar-refractivity contribution in [1.29, 1.82) is 0 Å². The Morgan fingerprint density at radius 1 is 0.957 bits per heavy atom. The summed E-state index contributed by atoms with van der Waals surface area (Å²) in [6.45, 7) is 0. The van der Waals surface area contributed by atoms with Crippen molar-refractivity contribution in [2.45, 2.75) is 6.18 Å². The van der Waals surface area contributed by atoms with Crippen molar-refractivity contribution in [2.24, 2.45) is 0 Å². The molecule has 2 nitrogen and oxygen atoms in total. The predicted octanol–water partition coefficient (Wildman–Crippen LogP) is 5.46. The van der Waals surface area contributed by atoms with Gasteiger partial charge in [-0.05, 0) is 64.5 Å². The van der Waals surface area contributed by atoms with Gasteiger partial charge in [0.2, 0.25) is 0 Å². The van der Waals surface area contributed by atoms with Crippen LogP contribution in [0, 0.1) is 5.82 Å². The first-order valence-electron chi connectivity index (χ1n) is 6.53. The summed E-state index contributed by atoms with van der Waals surface area (Å²) in [4.78, 5) is 0. The molecule has 0 bridgehead atoms. The molecule has 23 heavy (non-hydrogen) atoms. The minimum Gasteiger partial charge on any atom is -0.233 e. The maximum atomic E-state index is 13.2. The molecule has 3 rings (SSSR count). The van der Waals surface area contributed by atoms with Gasteiger partial charge in [-0.2, -0.15) is 18.3 Å². The number of aromatic nitrogens is 2. The highest BCUT2D eigenvalue weighted by Crippen LogP contribution is 2.32. The monoisotopic (exact) mass is 384 g/mol. The highest BCUT2D eigenvalue weighted by atomic mass is 79.9. The average molecular weight is 385 g/mol. The fourth-order valence-corrected chi connectivity index (χ4v) is 2.76. The minimum atomic E-state index is -4.38. The van der Waals surface area contributed by atoms with E-state index in [1.807, 2.05) is 0 Å². The van der Waals surface area contributed by atoms with Crippen molar-refractivity contribution in [1.82, 2.24) is 9.78 Å². The lowest BCUT2D eigenvalue weighted by Crippen LogP contribution is -2.05. The van der Waals surface area contributed by atoms with Gasteiger partial charge in [0.05, 0.1) is 23.1 Å². The molecule has 1 aromatic heterocycles. The first-order chi connectivity index (χ1) is 10.9. The molecule has 7 heteroatoms. The van der Waals surface area contributed by atoms with Gasteiger partial charge in [-0.1, -0.05) is 0 Å². The number of rotatable bonds is 2. The third-order valence-corrected chi connectivity index (χ3v) is 3.95. The van der Waals surface area contributed by atoms with Gasteiger partial charge in [0, 0.05) is 10.0 Å². The molecule has 0 N–H and O–H groups in total. The predicted molar refractivity (Wildman–Crippen MR) is 81.7 cm³/mol. The van der Waals surface area contributed by atoms with E-state index in [1.54, 1.807) is 12.1 Å². The van der Waals surface area contributed by atoms with Crippen molar-refractivity contribution in [2.75, 3.05) is 0 Å². The lowest BCUT2D eigenvalue weighted by Gasteiger charge is -2.11. The van der Waals surface area contributed by atoms with E-state index in [0.717, 1.165) is 12.1 Å². The minimum absolute atomic E-state index is 0.388. The maximum absolute atomic E-state index is 13.2. The fourth-order valence-electron chi connectivity index (χ4n) is 2.20. The maximum Gasteiger partial charge on any atom is 0.416 e. The van der Waals surface area contributed by atoms with E-state index in [-0.39, 0.29) is 5.82 Å². The Bertz CT molecular complexity index is 838. The molecule has 0 amide bonds. The molecule has 0 fully saturated rings. The Labute approximate surface area is 137 Å². The Morgan fingerprint density at radius 3 is 2.26 bits per heavy atom. The normalized spacial score (nSPS) is 11.7. The quantitative estimate of drug-likeness (QED) is 0.536. The standard InChI is InChI=1S/C16H9BrF4N2/c17-14-9-11(18)3-6-13(14)15-7-8-22-23(15)12-4-1-10(2-5-12)16(19,20)21/h1-9H. The largest absolute Gasteiger partial charge is 0.416 e. The van der Waals surface area contributed by atoms with Crippen LogP contribution in [0.2, 0.25) is 0 Å². The van der Waals surface area contributed by atoms with E-state index in [4.69, 9.17) is 0 Å². The number of nitrogens with zero attached hydrogens (tertiary/aromatic N) is 2. The van der Waals surface area contributed by atoms with Crippen LogP contribution < -0.4 is 0 Å². The number of halogens is 5. The van der Waals surface area contributed by atoms with Crippen LogP contribution in [0.3, 0.4) is 0 Å². The summed E-state index contributed by atoms with van der Waals surface area (Å²) in [6.07, 6.45) is -2.85. The lowest BCUT2D eigenvalue weighted by atomic mass is 10.1. The lowest BCUT2D eigenvalue weighted by molar-refractivity contribution is -0.137. The average Bonchev–Trinajstić information content (AvgIpc) is 2.95. The molecule has 118 valence electrons. The third kappa shape index (κ3) is 3.14. The van der Waals surface area contributed by atoms with Crippen LogP contribution >= 0.6 is 15.9 Å². The second kappa shape index (κ2) is 5.81. The summed E-state index contributed by atoms with van der Waals surface area (Å²) in [5, 5.41) is 4.14. The summed E-state index contributed by atoms with van der Waals surface area (Å²) in [7, 11) is 0. The molecule has 0 unspecified atom stereocenters. The Hall–Kier alpha value is -2.15. The molecule has 0 saturated carbocycles. The molecule has 0 radical (unpaired) electrons. The second-order valence-corrected chi connectivity index (χ2v) is 5.65. The van der Waals surface area contributed by atoms with E-state index >= 15 is 0 Å². The van der Waals surface area contributed by atoms with Crippen LogP contribution in [0.1, 0.15) is 5.56 Å². The van der Waals surface area contributed by atoms with Crippen LogP contribution in [0.4, 0.5) is 17.6 Å². The highest BCUT2D eigenvalue weighted by molar-refractivity contribution is 9.10. The molecule has 0 atom stereocenters. The van der Waals surface area contributed by atoms with E-state index in [1.165, 1.54) is 35.1 Å². The summed E-state index contributed by atoms with van der Waals surface area (Å²) < 4.78 is 53.1. The van der Waals surface area contributed by atoms with E-state index in [9.17, 15) is 17.6 Å². The number of alkyl halides is 3. The van der Waals surface area contributed by atoms with E-state index in [0.29, 0.717) is 21.4 Å². The van der Waals surface area contributed by atoms with Crippen LogP contribution in [0.15, 0.2) is 59.2 Å². The van der Waals surface area contributed by atoms with E-state index < -0.39 is 11.7 Å². The van der Waals surface area contributed by atoms with Crippen molar-refractivity contribution in [3.8, 4) is 16.9 Å². The van der Waals surface area contributed by atoms with Crippen LogP contribution in [0.25, 0.3) is 16.9 Å². The molecular weight excluding hydrogens is 376 g/mol. The smallest absolute Gasteiger partial charge is 0.233 e. The van der Waals surface area contributed by atoms with Crippen molar-refractivity contribution in [3.05, 3.63) is 70.6 Å². The molecule has 3 aromatic rings. The molecule has 1 heterocycles. The van der Waals surface area contributed by atoms with Gasteiger partial charge in [-0.25, -0.2) is 9.07 Å². The van der Waals surface area contributed by atoms with E-state index in [2.05, 4.69) is 21.0 Å². The first-order valence-corrected chi connectivity index (χ1v) is 7.32. The Morgan fingerprint density at radius 2 is 1.65 bits per heavy atom. The summed E-state index contributed by atoms with van der Waals surface area (Å²) >= 11 is 3.28. The van der Waals surface area contributed by atoms with Gasteiger partial charge < -0.3 is 0 Å². The van der Waals surface area contributed by atoms with Gasteiger partial charge >= 0.3 is 6.18 Å². The second-order valence-electron chi connectivity index (χ2n) is 4.80. The molecule has 0 saturated heterocycles. The zero-order valence-electron chi connectivity index (χ0n) is 11.5. The third-order valence-electron chi connectivity index (χ3n) is 3.29. The van der Waals surface area contributed by atoms with Crippen LogP contribution in [0.5, 0.6) is 0 Å². The highest BCUT2D eigenvalue weighted by Gasteiger charge is 2.30. The van der Waals surface area contributed by atoms with Crippen molar-refractivity contribution >= 4 is 15.9 Å². The van der Waals surface area contributed by atoms with Gasteiger partial charge in [0.25, 0.3) is 0 Å². The van der Waals surface area contributed by atoms with Crippen LogP contribution in [-0.2, 0) is 6.18 Å². The molecular formula is C16H9BrF4N2. The van der Waals surface area contributed by atoms with Gasteiger partial charge in [0.15, 0.2) is 0 Å². The van der Waals surface area contributed by atoms with Gasteiger partial charge in [-0.15, -0.1) is 0 Å². The first kappa shape index (κ1) is 15.7. The summed E-state index contributed by atoms with van der Waals surface area (Å²) in [6, 6.07) is 10.6. The SMILES string of the molecule is Fc1ccc(-c2ccnn2-c2ccc(C(F)(F)F)cc2)c(Br)c1. The number of hydrogen-bond acceptors (Lipinski definition) is 1. The molecule has 2 aromatic carbocycles. The topological polar surface area (TPSA) is 17.8 Å². The number of benzene rings is 2.